The second kappa shape index (κ2) is 5.18. The number of carbonyl (C=O) groups is 1. The Bertz CT molecular complexity index is 553. The van der Waals surface area contributed by atoms with Crippen LogP contribution in [0.5, 0.6) is 0 Å². The summed E-state index contributed by atoms with van der Waals surface area (Å²) in [5, 5.41) is 9.93. The number of hydrogen-bond donors (Lipinski definition) is 2. The summed E-state index contributed by atoms with van der Waals surface area (Å²) in [4.78, 5) is 16.1. The largest absolute Gasteiger partial charge is 0.342 e. The summed E-state index contributed by atoms with van der Waals surface area (Å²) in [6.45, 7) is 3.68. The van der Waals surface area contributed by atoms with Crippen molar-refractivity contribution in [2.24, 2.45) is 0 Å². The number of benzene rings is 1. The molecule has 1 amide bonds. The van der Waals surface area contributed by atoms with E-state index in [4.69, 9.17) is 11.6 Å². The van der Waals surface area contributed by atoms with E-state index in [1.165, 1.54) is 6.33 Å². The van der Waals surface area contributed by atoms with Crippen LogP contribution in [0, 0.1) is 6.92 Å². The summed E-state index contributed by atoms with van der Waals surface area (Å²) in [5.74, 6) is 0.461. The molecule has 0 fully saturated rings. The third-order valence-electron chi connectivity index (χ3n) is 2.62. The number of aromatic nitrogens is 3. The average Bonchev–Trinajstić information content (AvgIpc) is 2.81. The molecule has 0 aliphatic rings. The SMILES string of the molecule is Cc1cc(Cl)ccc1C(=O)NC(C)c1ncn[nH]1. The molecule has 1 aromatic heterocycles. The molecule has 1 unspecified atom stereocenters. The Morgan fingerprint density at radius 1 is 1.50 bits per heavy atom. The van der Waals surface area contributed by atoms with Crippen molar-refractivity contribution in [3.63, 3.8) is 0 Å². The number of nitrogens with one attached hydrogen (secondary N) is 2. The monoisotopic (exact) mass is 264 g/mol. The number of rotatable bonds is 3. The Balaban J connectivity index is 2.12. The minimum Gasteiger partial charge on any atom is -0.342 e. The Morgan fingerprint density at radius 2 is 2.28 bits per heavy atom. The molecule has 5 nitrogen and oxygen atoms in total. The maximum atomic E-state index is 12.1. The highest BCUT2D eigenvalue weighted by Gasteiger charge is 2.14. The molecule has 0 saturated heterocycles. The molecule has 2 rings (SSSR count). The zero-order valence-corrected chi connectivity index (χ0v) is 10.8. The van der Waals surface area contributed by atoms with E-state index in [1.54, 1.807) is 18.2 Å². The number of carbonyl (C=O) groups excluding carboxylic acids is 1. The van der Waals surface area contributed by atoms with Crippen molar-refractivity contribution in [3.8, 4) is 0 Å². The molecule has 6 heteroatoms. The zero-order valence-electron chi connectivity index (χ0n) is 10.1. The lowest BCUT2D eigenvalue weighted by Gasteiger charge is -2.12. The first-order valence-corrected chi connectivity index (χ1v) is 5.88. The molecule has 0 spiro atoms. The van der Waals surface area contributed by atoms with Crippen LogP contribution >= 0.6 is 11.6 Å². The van der Waals surface area contributed by atoms with Gasteiger partial charge in [0.15, 0.2) is 0 Å². The Labute approximate surface area is 110 Å². The van der Waals surface area contributed by atoms with E-state index in [1.807, 2.05) is 13.8 Å². The number of nitrogens with zero attached hydrogens (tertiary/aromatic N) is 2. The molecule has 2 aromatic rings. The van der Waals surface area contributed by atoms with Gasteiger partial charge in [-0.3, -0.25) is 9.89 Å². The van der Waals surface area contributed by atoms with Gasteiger partial charge in [-0.1, -0.05) is 11.6 Å². The maximum Gasteiger partial charge on any atom is 0.252 e. The lowest BCUT2D eigenvalue weighted by molar-refractivity contribution is 0.0937. The predicted octanol–water partition coefficient (Wildman–Crippen LogP) is 2.26. The Kier molecular flexibility index (Phi) is 3.62. The smallest absolute Gasteiger partial charge is 0.252 e. The van der Waals surface area contributed by atoms with E-state index in [9.17, 15) is 4.79 Å². The Morgan fingerprint density at radius 3 is 2.89 bits per heavy atom. The van der Waals surface area contributed by atoms with Crippen molar-refractivity contribution in [2.75, 3.05) is 0 Å². The number of aryl methyl sites for hydroxylation is 1. The van der Waals surface area contributed by atoms with Gasteiger partial charge in [0.05, 0.1) is 6.04 Å². The zero-order chi connectivity index (χ0) is 13.1. The molecule has 18 heavy (non-hydrogen) atoms. The van der Waals surface area contributed by atoms with Gasteiger partial charge in [0.1, 0.15) is 12.2 Å². The molecule has 0 aliphatic carbocycles. The highest BCUT2D eigenvalue weighted by atomic mass is 35.5. The van der Waals surface area contributed by atoms with Crippen LogP contribution in [-0.2, 0) is 0 Å². The maximum absolute atomic E-state index is 12.1. The van der Waals surface area contributed by atoms with Gasteiger partial charge in [-0.15, -0.1) is 0 Å². The van der Waals surface area contributed by atoms with Crippen LogP contribution in [-0.4, -0.2) is 21.1 Å². The van der Waals surface area contributed by atoms with Crippen LogP contribution in [0.15, 0.2) is 24.5 Å². The standard InChI is InChI=1S/C12H13ClN4O/c1-7-5-9(13)3-4-10(7)12(18)16-8(2)11-14-6-15-17-11/h3-6,8H,1-2H3,(H,16,18)(H,14,15,17). The summed E-state index contributed by atoms with van der Waals surface area (Å²) in [6, 6.07) is 4.94. The molecule has 1 heterocycles. The average molecular weight is 265 g/mol. The second-order valence-electron chi connectivity index (χ2n) is 4.03. The van der Waals surface area contributed by atoms with E-state index in [-0.39, 0.29) is 11.9 Å². The molecule has 2 N–H and O–H groups in total. The number of aromatic amines is 1. The van der Waals surface area contributed by atoms with Crippen molar-refractivity contribution in [1.82, 2.24) is 20.5 Å². The summed E-state index contributed by atoms with van der Waals surface area (Å²) >= 11 is 5.85. The highest BCUT2D eigenvalue weighted by Crippen LogP contribution is 2.16. The second-order valence-corrected chi connectivity index (χ2v) is 4.46. The quantitative estimate of drug-likeness (QED) is 0.893. The van der Waals surface area contributed by atoms with Crippen LogP contribution in [0.2, 0.25) is 5.02 Å². The first-order valence-electron chi connectivity index (χ1n) is 5.50. The van der Waals surface area contributed by atoms with Gasteiger partial charge in [-0.25, -0.2) is 4.98 Å². The molecule has 0 radical (unpaired) electrons. The molecule has 1 aromatic carbocycles. The molecular weight excluding hydrogens is 252 g/mol. The summed E-state index contributed by atoms with van der Waals surface area (Å²) < 4.78 is 0. The van der Waals surface area contributed by atoms with Crippen molar-refractivity contribution in [1.29, 1.82) is 0 Å². The van der Waals surface area contributed by atoms with Crippen molar-refractivity contribution >= 4 is 17.5 Å². The minimum atomic E-state index is -0.227. The number of halogens is 1. The van der Waals surface area contributed by atoms with Gasteiger partial charge in [0.2, 0.25) is 0 Å². The van der Waals surface area contributed by atoms with E-state index >= 15 is 0 Å². The summed E-state index contributed by atoms with van der Waals surface area (Å²) in [7, 11) is 0. The molecule has 0 saturated carbocycles. The van der Waals surface area contributed by atoms with Gasteiger partial charge in [0.25, 0.3) is 5.91 Å². The fraction of sp³-hybridized carbons (Fsp3) is 0.250. The predicted molar refractivity (Wildman–Crippen MR) is 68.5 cm³/mol. The molecule has 0 aliphatic heterocycles. The number of hydrogen-bond acceptors (Lipinski definition) is 3. The molecule has 0 bridgehead atoms. The van der Waals surface area contributed by atoms with Gasteiger partial charge in [-0.2, -0.15) is 5.10 Å². The Hall–Kier alpha value is -1.88. The van der Waals surface area contributed by atoms with E-state index in [2.05, 4.69) is 20.5 Å². The third kappa shape index (κ3) is 2.68. The van der Waals surface area contributed by atoms with E-state index in [0.717, 1.165) is 5.56 Å². The summed E-state index contributed by atoms with van der Waals surface area (Å²) in [6.07, 6.45) is 1.41. The fourth-order valence-electron chi connectivity index (χ4n) is 1.65. The minimum absolute atomic E-state index is 0.159. The van der Waals surface area contributed by atoms with Crippen molar-refractivity contribution in [3.05, 3.63) is 46.5 Å². The van der Waals surface area contributed by atoms with Crippen molar-refractivity contribution < 1.29 is 4.79 Å². The van der Waals surface area contributed by atoms with Gasteiger partial charge in [0, 0.05) is 10.6 Å². The van der Waals surface area contributed by atoms with Crippen molar-refractivity contribution in [2.45, 2.75) is 19.9 Å². The molecule has 94 valence electrons. The van der Waals surface area contributed by atoms with Gasteiger partial charge >= 0.3 is 0 Å². The van der Waals surface area contributed by atoms with Gasteiger partial charge in [-0.05, 0) is 37.6 Å². The van der Waals surface area contributed by atoms with Crippen LogP contribution in [0.25, 0.3) is 0 Å². The first-order chi connectivity index (χ1) is 8.58. The van der Waals surface area contributed by atoms with Crippen LogP contribution in [0.4, 0.5) is 0 Å². The lowest BCUT2D eigenvalue weighted by Crippen LogP contribution is -2.28. The van der Waals surface area contributed by atoms with Crippen LogP contribution < -0.4 is 5.32 Å². The first kappa shape index (κ1) is 12.6. The molecular formula is C12H13ClN4O. The normalized spacial score (nSPS) is 12.2. The lowest BCUT2D eigenvalue weighted by atomic mass is 10.1. The number of amides is 1. The highest BCUT2D eigenvalue weighted by molar-refractivity contribution is 6.30. The van der Waals surface area contributed by atoms with Crippen LogP contribution in [0.3, 0.4) is 0 Å². The third-order valence-corrected chi connectivity index (χ3v) is 2.86. The fourth-order valence-corrected chi connectivity index (χ4v) is 1.87. The number of H-pyrrole nitrogens is 1. The van der Waals surface area contributed by atoms with Gasteiger partial charge < -0.3 is 5.32 Å². The topological polar surface area (TPSA) is 70.7 Å². The molecule has 1 atom stereocenters. The van der Waals surface area contributed by atoms with E-state index in [0.29, 0.717) is 16.4 Å². The van der Waals surface area contributed by atoms with E-state index < -0.39 is 0 Å². The van der Waals surface area contributed by atoms with Crippen LogP contribution in [0.1, 0.15) is 34.7 Å². The summed E-state index contributed by atoms with van der Waals surface area (Å²) in [5.41, 5.74) is 1.44.